The molecule has 1 aliphatic heterocycles. The van der Waals surface area contributed by atoms with Crippen LogP contribution in [0.5, 0.6) is 5.75 Å². The molecule has 0 aromatic heterocycles. The minimum Gasteiger partial charge on any atom is -0.481 e. The van der Waals surface area contributed by atoms with Gasteiger partial charge in [-0.3, -0.25) is 9.59 Å². The van der Waals surface area contributed by atoms with Gasteiger partial charge in [-0.1, -0.05) is 12.1 Å². The first-order valence-electron chi connectivity index (χ1n) is 10.7. The number of likely N-dealkylation sites (N-methyl/N-ethyl adjacent to an activating group) is 1. The average Bonchev–Trinajstić information content (AvgIpc) is 2.78. The van der Waals surface area contributed by atoms with E-state index in [9.17, 15) is 9.59 Å². The van der Waals surface area contributed by atoms with Gasteiger partial charge in [-0.2, -0.15) is 0 Å². The number of hydrogen-bond acceptors (Lipinski definition) is 5. The van der Waals surface area contributed by atoms with Crippen LogP contribution in [0.15, 0.2) is 48.5 Å². The summed E-state index contributed by atoms with van der Waals surface area (Å²) >= 11 is 0. The monoisotopic (exact) mass is 425 g/mol. The van der Waals surface area contributed by atoms with Crippen LogP contribution in [0.2, 0.25) is 0 Å². The van der Waals surface area contributed by atoms with Gasteiger partial charge < -0.3 is 24.6 Å². The van der Waals surface area contributed by atoms with E-state index >= 15 is 0 Å². The molecule has 1 N–H and O–H groups in total. The smallest absolute Gasteiger partial charge is 0.263 e. The highest BCUT2D eigenvalue weighted by Crippen LogP contribution is 2.19. The van der Waals surface area contributed by atoms with E-state index in [0.29, 0.717) is 18.0 Å². The van der Waals surface area contributed by atoms with Gasteiger partial charge in [0.05, 0.1) is 19.8 Å². The highest BCUT2D eigenvalue weighted by atomic mass is 16.5. The van der Waals surface area contributed by atoms with Crippen LogP contribution in [-0.4, -0.2) is 62.2 Å². The Kier molecular flexibility index (Phi) is 7.89. The third-order valence-electron chi connectivity index (χ3n) is 5.21. The van der Waals surface area contributed by atoms with Crippen molar-refractivity contribution in [1.82, 2.24) is 4.90 Å². The molecule has 1 aliphatic rings. The second-order valence-corrected chi connectivity index (χ2v) is 7.62. The number of benzene rings is 2. The molecule has 7 heteroatoms. The number of hydrogen-bond donors (Lipinski definition) is 1. The van der Waals surface area contributed by atoms with E-state index in [-0.39, 0.29) is 18.4 Å². The predicted molar refractivity (Wildman–Crippen MR) is 122 cm³/mol. The number of nitrogens with one attached hydrogen (secondary N) is 1. The molecule has 31 heavy (non-hydrogen) atoms. The third-order valence-corrected chi connectivity index (χ3v) is 5.21. The molecule has 1 heterocycles. The van der Waals surface area contributed by atoms with E-state index in [2.05, 4.69) is 10.2 Å². The Morgan fingerprint density at radius 3 is 2.52 bits per heavy atom. The fourth-order valence-electron chi connectivity index (χ4n) is 3.50. The maximum atomic E-state index is 12.8. The molecule has 1 atom stereocenters. The van der Waals surface area contributed by atoms with Crippen molar-refractivity contribution in [1.29, 1.82) is 0 Å². The maximum absolute atomic E-state index is 12.8. The molecule has 166 valence electrons. The van der Waals surface area contributed by atoms with Gasteiger partial charge in [-0.05, 0) is 62.7 Å². The normalized spacial score (nSPS) is 14.6. The van der Waals surface area contributed by atoms with Crippen LogP contribution >= 0.6 is 0 Å². The zero-order chi connectivity index (χ0) is 22.2. The first kappa shape index (κ1) is 22.6. The van der Waals surface area contributed by atoms with Gasteiger partial charge in [0.15, 0.2) is 6.10 Å². The summed E-state index contributed by atoms with van der Waals surface area (Å²) in [7, 11) is 0. The molecule has 0 unspecified atom stereocenters. The van der Waals surface area contributed by atoms with Crippen molar-refractivity contribution in [2.24, 2.45) is 0 Å². The Hall–Kier alpha value is -3.06. The lowest BCUT2D eigenvalue weighted by Crippen LogP contribution is -2.44. The number of amides is 2. The molecular formula is C24H31N3O4. The third kappa shape index (κ3) is 6.46. The van der Waals surface area contributed by atoms with Crippen LogP contribution in [0, 0.1) is 6.92 Å². The summed E-state index contributed by atoms with van der Waals surface area (Å²) in [6.45, 7) is 9.10. The zero-order valence-corrected chi connectivity index (χ0v) is 18.5. The highest BCUT2D eigenvalue weighted by Gasteiger charge is 2.23. The van der Waals surface area contributed by atoms with Crippen LogP contribution in [0.3, 0.4) is 0 Å². The fraction of sp³-hybridized carbons (Fsp3) is 0.417. The average molecular weight is 426 g/mol. The lowest BCUT2D eigenvalue weighted by molar-refractivity contribution is -0.140. The number of aryl methyl sites for hydroxylation is 1. The van der Waals surface area contributed by atoms with Crippen molar-refractivity contribution in [3.05, 3.63) is 54.1 Å². The summed E-state index contributed by atoms with van der Waals surface area (Å²) in [6, 6.07) is 15.3. The van der Waals surface area contributed by atoms with Crippen molar-refractivity contribution in [2.45, 2.75) is 26.9 Å². The molecule has 1 saturated heterocycles. The molecule has 2 aromatic carbocycles. The van der Waals surface area contributed by atoms with Crippen LogP contribution in [0.1, 0.15) is 19.4 Å². The van der Waals surface area contributed by atoms with Gasteiger partial charge >= 0.3 is 0 Å². The maximum Gasteiger partial charge on any atom is 0.263 e. The van der Waals surface area contributed by atoms with Gasteiger partial charge in [0.1, 0.15) is 5.75 Å². The Morgan fingerprint density at radius 2 is 1.87 bits per heavy atom. The summed E-state index contributed by atoms with van der Waals surface area (Å²) in [5.74, 6) is 0.181. The molecule has 0 aliphatic carbocycles. The Morgan fingerprint density at radius 1 is 1.16 bits per heavy atom. The van der Waals surface area contributed by atoms with E-state index in [1.807, 2.05) is 62.4 Å². The van der Waals surface area contributed by atoms with Gasteiger partial charge in [-0.25, -0.2) is 0 Å². The molecule has 0 saturated carbocycles. The molecule has 7 nitrogen and oxygen atoms in total. The van der Waals surface area contributed by atoms with Crippen molar-refractivity contribution < 1.29 is 19.1 Å². The Bertz CT molecular complexity index is 879. The predicted octanol–water partition coefficient (Wildman–Crippen LogP) is 3.09. The summed E-state index contributed by atoms with van der Waals surface area (Å²) in [5, 5.41) is 2.87. The van der Waals surface area contributed by atoms with Gasteiger partial charge in [-0.15, -0.1) is 0 Å². The second-order valence-electron chi connectivity index (χ2n) is 7.62. The summed E-state index contributed by atoms with van der Waals surface area (Å²) in [5.41, 5.74) is 2.87. The van der Waals surface area contributed by atoms with E-state index in [1.165, 1.54) is 4.90 Å². The van der Waals surface area contributed by atoms with E-state index in [0.717, 1.165) is 37.6 Å². The van der Waals surface area contributed by atoms with Crippen LogP contribution < -0.4 is 15.0 Å². The molecule has 0 bridgehead atoms. The number of carbonyl (C=O) groups excluding carboxylic acids is 2. The van der Waals surface area contributed by atoms with Crippen molar-refractivity contribution in [2.75, 3.05) is 49.6 Å². The minimum absolute atomic E-state index is 0.0257. The number of nitrogens with zero attached hydrogens (tertiary/aromatic N) is 2. The molecule has 3 rings (SSSR count). The Balaban J connectivity index is 1.53. The standard InChI is InChI=1S/C24H31N3O4/c1-4-26(24(29)19(3)31-22-7-5-6-18(2)16-22)17-23(28)25-20-8-10-21(11-9-20)27-12-14-30-15-13-27/h5-11,16,19H,4,12-15,17H2,1-3H3,(H,25,28)/t19-/m1/s1. The SMILES string of the molecule is CCN(CC(=O)Nc1ccc(N2CCOCC2)cc1)C(=O)[C@@H](C)Oc1cccc(C)c1. The van der Waals surface area contributed by atoms with E-state index in [1.54, 1.807) is 6.92 Å². The highest BCUT2D eigenvalue weighted by molar-refractivity contribution is 5.95. The molecule has 2 aromatic rings. The number of carbonyl (C=O) groups is 2. The van der Waals surface area contributed by atoms with Crippen molar-refractivity contribution >= 4 is 23.2 Å². The van der Waals surface area contributed by atoms with Crippen LogP contribution in [0.25, 0.3) is 0 Å². The second kappa shape index (κ2) is 10.8. The largest absolute Gasteiger partial charge is 0.481 e. The van der Waals surface area contributed by atoms with Gasteiger partial charge in [0, 0.05) is 31.0 Å². The molecule has 1 fully saturated rings. The molecule has 0 spiro atoms. The van der Waals surface area contributed by atoms with Gasteiger partial charge in [0.2, 0.25) is 5.91 Å². The van der Waals surface area contributed by atoms with E-state index in [4.69, 9.17) is 9.47 Å². The summed E-state index contributed by atoms with van der Waals surface area (Å²) in [6.07, 6.45) is -0.678. The van der Waals surface area contributed by atoms with Crippen LogP contribution in [0.4, 0.5) is 11.4 Å². The molecular weight excluding hydrogens is 394 g/mol. The zero-order valence-electron chi connectivity index (χ0n) is 18.5. The van der Waals surface area contributed by atoms with Crippen molar-refractivity contribution in [3.8, 4) is 5.75 Å². The lowest BCUT2D eigenvalue weighted by atomic mass is 10.2. The summed E-state index contributed by atoms with van der Waals surface area (Å²) < 4.78 is 11.2. The van der Waals surface area contributed by atoms with Crippen LogP contribution in [-0.2, 0) is 14.3 Å². The van der Waals surface area contributed by atoms with Crippen molar-refractivity contribution in [3.63, 3.8) is 0 Å². The number of rotatable bonds is 8. The lowest BCUT2D eigenvalue weighted by Gasteiger charge is -2.29. The topological polar surface area (TPSA) is 71.1 Å². The number of ether oxygens (including phenoxy) is 2. The van der Waals surface area contributed by atoms with E-state index < -0.39 is 6.10 Å². The van der Waals surface area contributed by atoms with Gasteiger partial charge in [0.25, 0.3) is 5.91 Å². The minimum atomic E-state index is -0.678. The molecule has 0 radical (unpaired) electrons. The first-order valence-corrected chi connectivity index (χ1v) is 10.7. The summed E-state index contributed by atoms with van der Waals surface area (Å²) in [4.78, 5) is 29.1. The molecule has 2 amide bonds. The number of anilines is 2. The fourth-order valence-corrected chi connectivity index (χ4v) is 3.50. The quantitative estimate of drug-likeness (QED) is 0.704. The number of morpholine rings is 1. The Labute approximate surface area is 183 Å². The first-order chi connectivity index (χ1) is 15.0.